The first kappa shape index (κ1) is 22.8. The van der Waals surface area contributed by atoms with Gasteiger partial charge in [0.2, 0.25) is 0 Å². The lowest BCUT2D eigenvalue weighted by Gasteiger charge is -2.10. The van der Waals surface area contributed by atoms with Crippen LogP contribution in [-0.2, 0) is 4.79 Å². The number of nitrogens with zero attached hydrogens (tertiary/aromatic N) is 4. The maximum absolute atomic E-state index is 12.4. The first-order valence-corrected chi connectivity index (χ1v) is 11.7. The molecule has 0 unspecified atom stereocenters. The Hall–Kier alpha value is -3.42. The normalized spacial score (nSPS) is 11.1. The van der Waals surface area contributed by atoms with Gasteiger partial charge in [0.05, 0.1) is 12.0 Å². The highest BCUT2D eigenvalue weighted by molar-refractivity contribution is 7.99. The first-order valence-electron chi connectivity index (χ1n) is 10.3. The van der Waals surface area contributed by atoms with Crippen LogP contribution in [-0.4, -0.2) is 32.6 Å². The molecule has 1 aromatic heterocycles. The molecule has 0 atom stereocenters. The van der Waals surface area contributed by atoms with Crippen molar-refractivity contribution in [2.24, 2.45) is 5.10 Å². The van der Waals surface area contributed by atoms with E-state index in [-0.39, 0.29) is 11.7 Å². The number of nitrogens with one attached hydrogen (secondary N) is 1. The zero-order chi connectivity index (χ0) is 23.2. The number of hydrazone groups is 1. The summed E-state index contributed by atoms with van der Waals surface area (Å²) in [7, 11) is 0. The van der Waals surface area contributed by atoms with Crippen molar-refractivity contribution in [3.05, 3.63) is 94.5 Å². The zero-order valence-electron chi connectivity index (χ0n) is 18.2. The van der Waals surface area contributed by atoms with Gasteiger partial charge in [-0.25, -0.2) is 5.43 Å². The van der Waals surface area contributed by atoms with Crippen molar-refractivity contribution in [3.8, 4) is 17.1 Å². The third-order valence-electron chi connectivity index (χ3n) is 4.94. The number of amides is 1. The smallest absolute Gasteiger partial charge is 0.250 e. The monoisotopic (exact) mass is 475 g/mol. The molecule has 0 bridgehead atoms. The number of hydrogen-bond acceptors (Lipinski definition) is 5. The van der Waals surface area contributed by atoms with Crippen LogP contribution < -0.4 is 5.43 Å². The number of aromatic nitrogens is 3. The van der Waals surface area contributed by atoms with Crippen molar-refractivity contribution in [1.82, 2.24) is 20.2 Å². The average Bonchev–Trinajstić information content (AvgIpc) is 3.24. The number of aryl methyl sites for hydroxylation is 2. The number of carbonyl (C=O) groups is 1. The molecule has 0 aliphatic rings. The summed E-state index contributed by atoms with van der Waals surface area (Å²) in [5.41, 5.74) is 7.57. The van der Waals surface area contributed by atoms with Crippen molar-refractivity contribution < 1.29 is 4.79 Å². The Kier molecular flexibility index (Phi) is 7.22. The van der Waals surface area contributed by atoms with E-state index >= 15 is 0 Å². The van der Waals surface area contributed by atoms with Crippen LogP contribution >= 0.6 is 23.4 Å². The van der Waals surface area contributed by atoms with Crippen LogP contribution in [0.25, 0.3) is 17.1 Å². The van der Waals surface area contributed by atoms with Gasteiger partial charge < -0.3 is 0 Å². The van der Waals surface area contributed by atoms with Crippen molar-refractivity contribution in [1.29, 1.82) is 0 Å². The fraction of sp³-hybridized carbons (Fsp3) is 0.120. The van der Waals surface area contributed by atoms with Gasteiger partial charge in [-0.05, 0) is 49.2 Å². The van der Waals surface area contributed by atoms with Gasteiger partial charge >= 0.3 is 0 Å². The summed E-state index contributed by atoms with van der Waals surface area (Å²) in [5.74, 6) is 0.607. The van der Waals surface area contributed by atoms with Gasteiger partial charge in [0.25, 0.3) is 5.91 Å². The maximum Gasteiger partial charge on any atom is 0.250 e. The minimum Gasteiger partial charge on any atom is -0.272 e. The van der Waals surface area contributed by atoms with Crippen LogP contribution in [0.15, 0.2) is 83.1 Å². The van der Waals surface area contributed by atoms with Gasteiger partial charge in [0.1, 0.15) is 0 Å². The fourth-order valence-electron chi connectivity index (χ4n) is 3.14. The molecule has 3 aromatic carbocycles. The van der Waals surface area contributed by atoms with Crippen LogP contribution in [0.2, 0.25) is 5.02 Å². The first-order chi connectivity index (χ1) is 16.0. The molecule has 8 heteroatoms. The molecule has 0 spiro atoms. The Balaban J connectivity index is 1.52. The maximum atomic E-state index is 12.4. The van der Waals surface area contributed by atoms with Gasteiger partial charge in [-0.15, -0.1) is 10.2 Å². The molecule has 1 amide bonds. The van der Waals surface area contributed by atoms with E-state index in [0.717, 1.165) is 27.9 Å². The van der Waals surface area contributed by atoms with Gasteiger partial charge in [0.15, 0.2) is 11.0 Å². The number of thioether (sulfide) groups is 1. The van der Waals surface area contributed by atoms with E-state index in [0.29, 0.717) is 16.0 Å². The van der Waals surface area contributed by atoms with E-state index in [1.54, 1.807) is 6.21 Å². The summed E-state index contributed by atoms with van der Waals surface area (Å²) < 4.78 is 1.93. The van der Waals surface area contributed by atoms with Crippen LogP contribution in [0.5, 0.6) is 0 Å². The second-order valence-corrected chi connectivity index (χ2v) is 8.80. The summed E-state index contributed by atoms with van der Waals surface area (Å²) in [5, 5.41) is 14.1. The molecule has 6 nitrogen and oxygen atoms in total. The molecule has 4 aromatic rings. The van der Waals surface area contributed by atoms with E-state index in [1.165, 1.54) is 11.8 Å². The number of carbonyl (C=O) groups excluding carboxylic acids is 1. The molecule has 4 rings (SSSR count). The highest BCUT2D eigenvalue weighted by Gasteiger charge is 2.17. The predicted octanol–water partition coefficient (Wildman–Crippen LogP) is 5.45. The molecule has 166 valence electrons. The predicted molar refractivity (Wildman–Crippen MR) is 134 cm³/mol. The summed E-state index contributed by atoms with van der Waals surface area (Å²) in [6.07, 6.45) is 1.64. The fourth-order valence-corrected chi connectivity index (χ4v) is 4.01. The van der Waals surface area contributed by atoms with Crippen LogP contribution in [0.4, 0.5) is 0 Å². The number of hydrogen-bond donors (Lipinski definition) is 1. The third kappa shape index (κ3) is 5.69. The summed E-state index contributed by atoms with van der Waals surface area (Å²) in [6.45, 7) is 4.03. The lowest BCUT2D eigenvalue weighted by Crippen LogP contribution is -2.20. The molecule has 1 N–H and O–H groups in total. The van der Waals surface area contributed by atoms with Crippen molar-refractivity contribution in [2.45, 2.75) is 19.0 Å². The van der Waals surface area contributed by atoms with Crippen LogP contribution in [0, 0.1) is 13.8 Å². The highest BCUT2D eigenvalue weighted by atomic mass is 35.5. The standard InChI is InChI=1S/C25H22ClN5OS/c1-17-7-9-19(10-8-17)24-29-30-25(31(24)22-13-11-21(26)12-14-22)33-16-23(32)28-27-15-20-6-4-3-5-18(20)2/h3-15H,16H2,1-2H3,(H,28,32)/b27-15-. The zero-order valence-corrected chi connectivity index (χ0v) is 19.8. The minimum absolute atomic E-state index is 0.144. The molecule has 0 aliphatic heterocycles. The lowest BCUT2D eigenvalue weighted by molar-refractivity contribution is -0.118. The topological polar surface area (TPSA) is 72.2 Å². The van der Waals surface area contributed by atoms with E-state index in [4.69, 9.17) is 11.6 Å². The Morgan fingerprint density at radius 3 is 2.48 bits per heavy atom. The molecule has 0 saturated carbocycles. The van der Waals surface area contributed by atoms with Gasteiger partial charge in [0, 0.05) is 16.3 Å². The lowest BCUT2D eigenvalue weighted by atomic mass is 10.1. The Labute approximate surface area is 201 Å². The highest BCUT2D eigenvalue weighted by Crippen LogP contribution is 2.28. The average molecular weight is 476 g/mol. The Morgan fingerprint density at radius 2 is 1.76 bits per heavy atom. The number of benzene rings is 3. The minimum atomic E-state index is -0.229. The van der Waals surface area contributed by atoms with E-state index in [2.05, 4.69) is 20.7 Å². The van der Waals surface area contributed by atoms with Crippen LogP contribution in [0.3, 0.4) is 0 Å². The Morgan fingerprint density at radius 1 is 1.03 bits per heavy atom. The van der Waals surface area contributed by atoms with E-state index in [9.17, 15) is 4.79 Å². The largest absolute Gasteiger partial charge is 0.272 e. The van der Waals surface area contributed by atoms with Crippen molar-refractivity contribution in [2.75, 3.05) is 5.75 Å². The second-order valence-electron chi connectivity index (χ2n) is 7.42. The molecular weight excluding hydrogens is 454 g/mol. The molecule has 0 aliphatic carbocycles. The molecular formula is C25H22ClN5OS. The molecule has 1 heterocycles. The molecule has 0 radical (unpaired) electrons. The number of halogens is 1. The SMILES string of the molecule is Cc1ccc(-c2nnc(SCC(=O)N/N=C\c3ccccc3C)n2-c2ccc(Cl)cc2)cc1. The third-order valence-corrected chi connectivity index (χ3v) is 6.12. The van der Waals surface area contributed by atoms with Crippen LogP contribution in [0.1, 0.15) is 16.7 Å². The molecule has 0 fully saturated rings. The van der Waals surface area contributed by atoms with Gasteiger partial charge in [-0.2, -0.15) is 5.10 Å². The van der Waals surface area contributed by atoms with E-state index < -0.39 is 0 Å². The molecule has 0 saturated heterocycles. The van der Waals surface area contributed by atoms with Gasteiger partial charge in [-0.3, -0.25) is 9.36 Å². The van der Waals surface area contributed by atoms with Crippen molar-refractivity contribution in [3.63, 3.8) is 0 Å². The van der Waals surface area contributed by atoms with E-state index in [1.807, 2.05) is 91.2 Å². The summed E-state index contributed by atoms with van der Waals surface area (Å²) in [4.78, 5) is 12.4. The molecule has 33 heavy (non-hydrogen) atoms. The summed E-state index contributed by atoms with van der Waals surface area (Å²) in [6, 6.07) is 23.3. The summed E-state index contributed by atoms with van der Waals surface area (Å²) >= 11 is 7.37. The van der Waals surface area contributed by atoms with Crippen molar-refractivity contribution >= 4 is 35.5 Å². The van der Waals surface area contributed by atoms with Gasteiger partial charge in [-0.1, -0.05) is 77.5 Å². The second kappa shape index (κ2) is 10.5. The quantitative estimate of drug-likeness (QED) is 0.219. The number of rotatable bonds is 7. The Bertz CT molecular complexity index is 1280.